The molecule has 2 N–H and O–H groups in total. The number of anilines is 1. The van der Waals surface area contributed by atoms with Gasteiger partial charge in [-0.2, -0.15) is 5.26 Å². The van der Waals surface area contributed by atoms with Crippen molar-refractivity contribution in [3.05, 3.63) is 24.3 Å². The average Bonchev–Trinajstić information content (AvgIpc) is 3.04. The maximum absolute atomic E-state index is 12.0. The van der Waals surface area contributed by atoms with Crippen LogP contribution in [0.25, 0.3) is 11.0 Å². The minimum atomic E-state index is -0.145. The Morgan fingerprint density at radius 1 is 1.53 bits per heavy atom. The molecule has 1 aliphatic heterocycles. The first-order chi connectivity index (χ1) is 9.26. The summed E-state index contributed by atoms with van der Waals surface area (Å²) in [7, 11) is 0. The van der Waals surface area contributed by atoms with E-state index in [2.05, 4.69) is 21.5 Å². The number of carbonyl (C=O) groups excluding carboxylic acids is 1. The molecule has 3 rings (SSSR count). The molecular formula is C13H13N5O. The summed E-state index contributed by atoms with van der Waals surface area (Å²) >= 11 is 0. The van der Waals surface area contributed by atoms with E-state index < -0.39 is 0 Å². The average molecular weight is 255 g/mol. The highest BCUT2D eigenvalue weighted by Crippen LogP contribution is 2.18. The van der Waals surface area contributed by atoms with Crippen molar-refractivity contribution >= 4 is 22.9 Å². The van der Waals surface area contributed by atoms with Crippen molar-refractivity contribution in [2.45, 2.75) is 6.42 Å². The van der Waals surface area contributed by atoms with E-state index in [1.807, 2.05) is 24.3 Å². The maximum Gasteiger partial charge on any atom is 0.231 e. The van der Waals surface area contributed by atoms with Crippen molar-refractivity contribution in [1.29, 1.82) is 5.26 Å². The van der Waals surface area contributed by atoms with Gasteiger partial charge in [-0.3, -0.25) is 10.1 Å². The number of para-hydroxylation sites is 2. The third-order valence-corrected chi connectivity index (χ3v) is 3.33. The van der Waals surface area contributed by atoms with E-state index >= 15 is 0 Å². The van der Waals surface area contributed by atoms with Gasteiger partial charge in [0.1, 0.15) is 0 Å². The fraction of sp³-hybridized carbons (Fsp3) is 0.308. The molecule has 1 atom stereocenters. The Morgan fingerprint density at radius 2 is 2.37 bits per heavy atom. The van der Waals surface area contributed by atoms with Gasteiger partial charge in [0.15, 0.2) is 6.19 Å². The van der Waals surface area contributed by atoms with Crippen LogP contribution < -0.4 is 5.32 Å². The molecule has 2 aromatic rings. The summed E-state index contributed by atoms with van der Waals surface area (Å²) in [5.74, 6) is 0.228. The molecule has 0 aliphatic carbocycles. The summed E-state index contributed by atoms with van der Waals surface area (Å²) in [6.07, 6.45) is 2.77. The monoisotopic (exact) mass is 255 g/mol. The fourth-order valence-corrected chi connectivity index (χ4v) is 2.30. The minimum Gasteiger partial charge on any atom is -0.324 e. The van der Waals surface area contributed by atoms with E-state index in [0.717, 1.165) is 11.0 Å². The number of hydrogen-bond acceptors (Lipinski definition) is 4. The van der Waals surface area contributed by atoms with Crippen molar-refractivity contribution < 1.29 is 4.79 Å². The largest absolute Gasteiger partial charge is 0.324 e. The summed E-state index contributed by atoms with van der Waals surface area (Å²) in [6, 6.07) is 7.60. The zero-order valence-electron chi connectivity index (χ0n) is 10.3. The molecule has 2 heterocycles. The van der Waals surface area contributed by atoms with Gasteiger partial charge in [-0.05, 0) is 18.6 Å². The van der Waals surface area contributed by atoms with Crippen LogP contribution in [-0.2, 0) is 4.79 Å². The Hall–Kier alpha value is -2.55. The van der Waals surface area contributed by atoms with Gasteiger partial charge in [-0.25, -0.2) is 4.98 Å². The van der Waals surface area contributed by atoms with Gasteiger partial charge in [0.25, 0.3) is 0 Å². The van der Waals surface area contributed by atoms with Crippen LogP contribution in [0.2, 0.25) is 0 Å². The van der Waals surface area contributed by atoms with Crippen molar-refractivity contribution in [3.63, 3.8) is 0 Å². The lowest BCUT2D eigenvalue weighted by molar-refractivity contribution is -0.119. The SMILES string of the molecule is N#CN1CC[C@H](C(=O)Nc2nc3ccccc3[nH]2)C1. The lowest BCUT2D eigenvalue weighted by Crippen LogP contribution is -2.25. The summed E-state index contributed by atoms with van der Waals surface area (Å²) in [5, 5.41) is 11.6. The van der Waals surface area contributed by atoms with Gasteiger partial charge in [0.05, 0.1) is 17.0 Å². The standard InChI is InChI=1S/C13H13N5O/c14-8-18-6-5-9(7-18)12(19)17-13-15-10-3-1-2-4-11(10)16-13/h1-4,9H,5-7H2,(H2,15,16,17,19)/t9-/m0/s1. The third kappa shape index (κ3) is 2.22. The van der Waals surface area contributed by atoms with E-state index in [9.17, 15) is 4.79 Å². The molecule has 1 aromatic carbocycles. The van der Waals surface area contributed by atoms with Gasteiger partial charge < -0.3 is 9.88 Å². The van der Waals surface area contributed by atoms with E-state index in [4.69, 9.17) is 5.26 Å². The highest BCUT2D eigenvalue weighted by atomic mass is 16.2. The molecule has 0 bridgehead atoms. The molecule has 6 heteroatoms. The fourth-order valence-electron chi connectivity index (χ4n) is 2.30. The van der Waals surface area contributed by atoms with Gasteiger partial charge in [-0.1, -0.05) is 12.1 Å². The lowest BCUT2D eigenvalue weighted by Gasteiger charge is -2.08. The minimum absolute atomic E-state index is 0.0863. The number of amides is 1. The number of aromatic amines is 1. The molecule has 0 saturated carbocycles. The van der Waals surface area contributed by atoms with Gasteiger partial charge in [0, 0.05) is 13.1 Å². The number of H-pyrrole nitrogens is 1. The van der Waals surface area contributed by atoms with Crippen LogP contribution in [0.15, 0.2) is 24.3 Å². The Bertz CT molecular complexity index is 623. The number of rotatable bonds is 2. The van der Waals surface area contributed by atoms with Crippen molar-refractivity contribution in [1.82, 2.24) is 14.9 Å². The summed E-state index contributed by atoms with van der Waals surface area (Å²) < 4.78 is 0. The number of fused-ring (bicyclic) bond motifs is 1. The molecule has 1 aliphatic rings. The number of carbonyl (C=O) groups is 1. The molecule has 1 amide bonds. The highest BCUT2D eigenvalue weighted by Gasteiger charge is 2.28. The first-order valence-electron chi connectivity index (χ1n) is 6.16. The van der Waals surface area contributed by atoms with E-state index in [1.165, 1.54) is 0 Å². The van der Waals surface area contributed by atoms with Crippen LogP contribution in [0.1, 0.15) is 6.42 Å². The highest BCUT2D eigenvalue weighted by molar-refractivity contribution is 5.93. The van der Waals surface area contributed by atoms with Crippen LogP contribution in [0, 0.1) is 17.4 Å². The first-order valence-corrected chi connectivity index (χ1v) is 6.16. The second-order valence-corrected chi connectivity index (χ2v) is 4.62. The van der Waals surface area contributed by atoms with Crippen molar-refractivity contribution in [3.8, 4) is 6.19 Å². The first kappa shape index (κ1) is 11.5. The van der Waals surface area contributed by atoms with Crippen LogP contribution in [0.3, 0.4) is 0 Å². The number of imidazole rings is 1. The Morgan fingerprint density at radius 3 is 3.11 bits per heavy atom. The molecule has 1 aromatic heterocycles. The smallest absolute Gasteiger partial charge is 0.231 e. The normalized spacial score (nSPS) is 18.5. The summed E-state index contributed by atoms with van der Waals surface area (Å²) in [5.41, 5.74) is 1.71. The number of nitriles is 1. The summed E-state index contributed by atoms with van der Waals surface area (Å²) in [4.78, 5) is 21.0. The van der Waals surface area contributed by atoms with E-state index in [0.29, 0.717) is 25.5 Å². The number of likely N-dealkylation sites (tertiary alicyclic amines) is 1. The topological polar surface area (TPSA) is 84.8 Å². The van der Waals surface area contributed by atoms with E-state index in [1.54, 1.807) is 4.90 Å². The molecule has 0 spiro atoms. The molecule has 96 valence electrons. The summed E-state index contributed by atoms with van der Waals surface area (Å²) in [6.45, 7) is 1.14. The molecule has 6 nitrogen and oxygen atoms in total. The second kappa shape index (κ2) is 4.61. The number of nitrogens with one attached hydrogen (secondary N) is 2. The molecule has 0 unspecified atom stereocenters. The molecular weight excluding hydrogens is 242 g/mol. The van der Waals surface area contributed by atoms with Crippen LogP contribution in [-0.4, -0.2) is 33.9 Å². The zero-order chi connectivity index (χ0) is 13.2. The molecule has 0 radical (unpaired) electrons. The lowest BCUT2D eigenvalue weighted by atomic mass is 10.1. The Balaban J connectivity index is 1.71. The van der Waals surface area contributed by atoms with Crippen molar-refractivity contribution in [2.75, 3.05) is 18.4 Å². The zero-order valence-corrected chi connectivity index (χ0v) is 10.3. The predicted molar refractivity (Wildman–Crippen MR) is 70.0 cm³/mol. The quantitative estimate of drug-likeness (QED) is 0.792. The second-order valence-electron chi connectivity index (χ2n) is 4.62. The van der Waals surface area contributed by atoms with Crippen LogP contribution in [0.4, 0.5) is 5.95 Å². The number of hydrogen-bond donors (Lipinski definition) is 2. The van der Waals surface area contributed by atoms with Crippen LogP contribution >= 0.6 is 0 Å². The molecule has 19 heavy (non-hydrogen) atoms. The maximum atomic E-state index is 12.0. The number of aromatic nitrogens is 2. The van der Waals surface area contributed by atoms with Gasteiger partial charge in [-0.15, -0.1) is 0 Å². The predicted octanol–water partition coefficient (Wildman–Crippen LogP) is 1.30. The Kier molecular flexibility index (Phi) is 2.80. The number of nitrogens with zero attached hydrogens (tertiary/aromatic N) is 3. The van der Waals surface area contributed by atoms with Gasteiger partial charge >= 0.3 is 0 Å². The van der Waals surface area contributed by atoms with Crippen molar-refractivity contribution in [2.24, 2.45) is 5.92 Å². The Labute approximate surface area is 110 Å². The van der Waals surface area contributed by atoms with E-state index in [-0.39, 0.29) is 11.8 Å². The number of benzene rings is 1. The van der Waals surface area contributed by atoms with Gasteiger partial charge in [0.2, 0.25) is 11.9 Å². The molecule has 1 saturated heterocycles. The third-order valence-electron chi connectivity index (χ3n) is 3.33. The molecule has 1 fully saturated rings. The van der Waals surface area contributed by atoms with Crippen LogP contribution in [0.5, 0.6) is 0 Å².